The summed E-state index contributed by atoms with van der Waals surface area (Å²) in [7, 11) is 1.92. The predicted octanol–water partition coefficient (Wildman–Crippen LogP) is 4.16. The number of aryl methyl sites for hydroxylation is 1. The largest absolute Gasteiger partial charge is 0.396 e. The number of hydrogen-bond donors (Lipinski definition) is 2. The van der Waals surface area contributed by atoms with Gasteiger partial charge in [-0.25, -0.2) is 19.9 Å². The average molecular weight is 465 g/mol. The number of thiazole rings is 1. The summed E-state index contributed by atoms with van der Waals surface area (Å²) in [5.74, 6) is 1.99. The molecule has 0 spiro atoms. The molecule has 0 amide bonds. The molecule has 0 aliphatic heterocycles. The molecular weight excluding hydrogens is 448 g/mol. The van der Waals surface area contributed by atoms with Gasteiger partial charge < -0.3 is 15.0 Å². The van der Waals surface area contributed by atoms with Crippen LogP contribution in [-0.2, 0) is 7.05 Å². The fourth-order valence-electron chi connectivity index (χ4n) is 2.82. The van der Waals surface area contributed by atoms with E-state index in [-0.39, 0.29) is 12.6 Å². The van der Waals surface area contributed by atoms with E-state index in [1.807, 2.05) is 35.6 Å². The first-order valence-corrected chi connectivity index (χ1v) is 10.9. The van der Waals surface area contributed by atoms with Gasteiger partial charge in [0.15, 0.2) is 11.6 Å². The molecule has 10 heteroatoms. The molecule has 0 radical (unpaired) electrons. The maximum absolute atomic E-state index is 9.28. The number of nitrogens with zero attached hydrogens (tertiary/aromatic N) is 5. The molecule has 0 saturated heterocycles. The smallest absolute Gasteiger partial charge is 0.199 e. The number of rotatable bonds is 6. The van der Waals surface area contributed by atoms with E-state index in [0.29, 0.717) is 18.1 Å². The highest BCUT2D eigenvalue weighted by molar-refractivity contribution is 9.11. The summed E-state index contributed by atoms with van der Waals surface area (Å²) in [5.41, 5.74) is 3.70. The summed E-state index contributed by atoms with van der Waals surface area (Å²) in [4.78, 5) is 19.3. The molecule has 4 rings (SSSR count). The minimum atomic E-state index is 0.0595. The Kier molecular flexibility index (Phi) is 5.22. The first-order valence-electron chi connectivity index (χ1n) is 8.32. The zero-order chi connectivity index (χ0) is 19.0. The van der Waals surface area contributed by atoms with Crippen LogP contribution in [0.15, 0.2) is 27.1 Å². The fraction of sp³-hybridized carbons (Fsp3) is 0.294. The average Bonchev–Trinajstić information content (AvgIpc) is 3.34. The molecule has 4 heterocycles. The van der Waals surface area contributed by atoms with Gasteiger partial charge in [0.05, 0.1) is 20.4 Å². The van der Waals surface area contributed by atoms with Gasteiger partial charge in [-0.2, -0.15) is 0 Å². The number of nitrogens with one attached hydrogen (secondary N) is 1. The Bertz CT molecular complexity index is 1070. The van der Waals surface area contributed by atoms with Gasteiger partial charge in [-0.15, -0.1) is 22.7 Å². The molecule has 0 aliphatic carbocycles. The van der Waals surface area contributed by atoms with E-state index in [1.54, 1.807) is 28.9 Å². The third kappa shape index (κ3) is 3.49. The number of anilines is 1. The summed E-state index contributed by atoms with van der Waals surface area (Å²) >= 11 is 6.78. The van der Waals surface area contributed by atoms with E-state index < -0.39 is 0 Å². The van der Waals surface area contributed by atoms with Gasteiger partial charge in [-0.3, -0.25) is 0 Å². The van der Waals surface area contributed by atoms with Gasteiger partial charge in [0.1, 0.15) is 10.6 Å². The third-order valence-electron chi connectivity index (χ3n) is 4.16. The van der Waals surface area contributed by atoms with Crippen molar-refractivity contribution < 1.29 is 5.11 Å². The SMILES string of the molecule is CC(CCO)Nc1nc(-c2nccn2C)nc2sc(Br)c(-c3cscn3)c12. The summed E-state index contributed by atoms with van der Waals surface area (Å²) in [6.45, 7) is 2.13. The van der Waals surface area contributed by atoms with Crippen molar-refractivity contribution >= 4 is 54.6 Å². The third-order valence-corrected chi connectivity index (χ3v) is 6.50. The number of halogens is 1. The lowest BCUT2D eigenvalue weighted by Gasteiger charge is -2.15. The molecule has 7 nitrogen and oxygen atoms in total. The number of fused-ring (bicyclic) bond motifs is 1. The maximum Gasteiger partial charge on any atom is 0.199 e. The molecule has 0 aliphatic rings. The number of aliphatic hydroxyl groups excluding tert-OH is 1. The second-order valence-electron chi connectivity index (χ2n) is 6.12. The van der Waals surface area contributed by atoms with E-state index in [2.05, 4.69) is 31.2 Å². The Morgan fingerprint density at radius 1 is 1.33 bits per heavy atom. The Balaban J connectivity index is 1.94. The van der Waals surface area contributed by atoms with Gasteiger partial charge >= 0.3 is 0 Å². The fourth-order valence-corrected chi connectivity index (χ4v) is 5.14. The molecule has 4 aromatic heterocycles. The first kappa shape index (κ1) is 18.5. The molecule has 2 N–H and O–H groups in total. The van der Waals surface area contributed by atoms with E-state index in [4.69, 9.17) is 9.97 Å². The van der Waals surface area contributed by atoms with Crippen LogP contribution in [0.2, 0.25) is 0 Å². The van der Waals surface area contributed by atoms with Crippen molar-refractivity contribution in [1.82, 2.24) is 24.5 Å². The zero-order valence-electron chi connectivity index (χ0n) is 14.7. The van der Waals surface area contributed by atoms with Crippen LogP contribution in [0, 0.1) is 0 Å². The zero-order valence-corrected chi connectivity index (χ0v) is 17.9. The van der Waals surface area contributed by atoms with Crippen LogP contribution in [0.25, 0.3) is 33.1 Å². The minimum absolute atomic E-state index is 0.0595. The monoisotopic (exact) mass is 464 g/mol. The number of imidazole rings is 1. The van der Waals surface area contributed by atoms with E-state index >= 15 is 0 Å². The van der Waals surface area contributed by atoms with Gasteiger partial charge in [0.25, 0.3) is 0 Å². The second-order valence-corrected chi connectivity index (χ2v) is 9.16. The number of aromatic nitrogens is 5. The number of thiophene rings is 1. The standard InChI is InChI=1S/C17H17BrN6OS2/c1-9(3-6-25)21-14-12-11(10-7-26-8-20-10)13(18)27-17(12)23-15(22-14)16-19-4-5-24(16)2/h4-5,7-9,25H,3,6H2,1-2H3,(H,21,22,23). The van der Waals surface area contributed by atoms with Gasteiger partial charge in [0.2, 0.25) is 0 Å². The van der Waals surface area contributed by atoms with Crippen molar-refractivity contribution in [3.8, 4) is 22.9 Å². The van der Waals surface area contributed by atoms with Crippen molar-refractivity contribution in [3.05, 3.63) is 27.1 Å². The van der Waals surface area contributed by atoms with Crippen LogP contribution < -0.4 is 5.32 Å². The van der Waals surface area contributed by atoms with E-state index in [9.17, 15) is 5.11 Å². The molecule has 0 aromatic carbocycles. The normalized spacial score (nSPS) is 12.6. The minimum Gasteiger partial charge on any atom is -0.396 e. The summed E-state index contributed by atoms with van der Waals surface area (Å²) in [5, 5.41) is 15.7. The topological polar surface area (TPSA) is 88.8 Å². The van der Waals surface area contributed by atoms with Crippen LogP contribution >= 0.6 is 38.6 Å². The molecular formula is C17H17BrN6OS2. The molecule has 0 bridgehead atoms. The second kappa shape index (κ2) is 7.63. The maximum atomic E-state index is 9.28. The van der Waals surface area contributed by atoms with E-state index in [0.717, 1.165) is 31.1 Å². The van der Waals surface area contributed by atoms with E-state index in [1.165, 1.54) is 0 Å². The number of hydrogen-bond acceptors (Lipinski definition) is 8. The highest BCUT2D eigenvalue weighted by Gasteiger charge is 2.22. The number of aliphatic hydroxyl groups is 1. The molecule has 0 fully saturated rings. The van der Waals surface area contributed by atoms with Crippen molar-refractivity contribution in [2.45, 2.75) is 19.4 Å². The van der Waals surface area contributed by atoms with Crippen LogP contribution in [0.5, 0.6) is 0 Å². The quantitative estimate of drug-likeness (QED) is 0.445. The van der Waals surface area contributed by atoms with Crippen molar-refractivity contribution in [3.63, 3.8) is 0 Å². The molecule has 1 atom stereocenters. The van der Waals surface area contributed by atoms with Crippen LogP contribution in [0.1, 0.15) is 13.3 Å². The molecule has 4 aromatic rings. The Labute approximate surface area is 172 Å². The van der Waals surface area contributed by atoms with Gasteiger partial charge in [-0.1, -0.05) is 0 Å². The molecule has 0 saturated carbocycles. The summed E-state index contributed by atoms with van der Waals surface area (Å²) < 4.78 is 2.86. The highest BCUT2D eigenvalue weighted by atomic mass is 79.9. The van der Waals surface area contributed by atoms with Crippen LogP contribution in [0.4, 0.5) is 5.82 Å². The van der Waals surface area contributed by atoms with Crippen LogP contribution in [0.3, 0.4) is 0 Å². The lowest BCUT2D eigenvalue weighted by atomic mass is 10.1. The van der Waals surface area contributed by atoms with Crippen LogP contribution in [-0.4, -0.2) is 42.3 Å². The first-order chi connectivity index (χ1) is 13.1. The predicted molar refractivity (Wildman–Crippen MR) is 113 cm³/mol. The molecule has 27 heavy (non-hydrogen) atoms. The Morgan fingerprint density at radius 3 is 2.85 bits per heavy atom. The lowest BCUT2D eigenvalue weighted by molar-refractivity contribution is 0.282. The highest BCUT2D eigenvalue weighted by Crippen LogP contribution is 2.44. The lowest BCUT2D eigenvalue weighted by Crippen LogP contribution is -2.18. The summed E-state index contributed by atoms with van der Waals surface area (Å²) in [6, 6.07) is 0.0595. The van der Waals surface area contributed by atoms with Gasteiger partial charge in [-0.05, 0) is 29.3 Å². The van der Waals surface area contributed by atoms with Gasteiger partial charge in [0, 0.05) is 43.0 Å². The molecule has 1 unspecified atom stereocenters. The van der Waals surface area contributed by atoms with Crippen molar-refractivity contribution in [2.24, 2.45) is 7.05 Å². The van der Waals surface area contributed by atoms with Crippen molar-refractivity contribution in [2.75, 3.05) is 11.9 Å². The Hall–Kier alpha value is -1.88. The molecule has 140 valence electrons. The summed E-state index contributed by atoms with van der Waals surface area (Å²) in [6.07, 6.45) is 4.23. The Morgan fingerprint density at radius 2 is 2.19 bits per heavy atom. The van der Waals surface area contributed by atoms with Crippen molar-refractivity contribution in [1.29, 1.82) is 0 Å².